The van der Waals surface area contributed by atoms with Gasteiger partial charge in [0.05, 0.1) is 5.56 Å². The molecule has 0 aliphatic rings. The van der Waals surface area contributed by atoms with Crippen LogP contribution in [-0.4, -0.2) is 5.54 Å². The van der Waals surface area contributed by atoms with Gasteiger partial charge < -0.3 is 5.73 Å². The van der Waals surface area contributed by atoms with Gasteiger partial charge >= 0.3 is 6.18 Å². The van der Waals surface area contributed by atoms with E-state index in [4.69, 9.17) is 5.73 Å². The SMILES string of the molecule is CCC(N)(CC)Cc1cccc(C(F)(F)F)c1. The van der Waals surface area contributed by atoms with Crippen LogP contribution in [0, 0.1) is 0 Å². The molecule has 0 saturated carbocycles. The molecule has 0 saturated heterocycles. The molecule has 0 aliphatic carbocycles. The van der Waals surface area contributed by atoms with Crippen molar-refractivity contribution in [1.82, 2.24) is 0 Å². The maximum absolute atomic E-state index is 12.5. The van der Waals surface area contributed by atoms with Gasteiger partial charge in [-0.2, -0.15) is 13.2 Å². The van der Waals surface area contributed by atoms with Crippen molar-refractivity contribution in [2.45, 2.75) is 44.8 Å². The van der Waals surface area contributed by atoms with Crippen LogP contribution in [0.25, 0.3) is 0 Å². The first-order valence-electron chi connectivity index (χ1n) is 5.76. The highest BCUT2D eigenvalue weighted by atomic mass is 19.4. The molecule has 96 valence electrons. The zero-order valence-corrected chi connectivity index (χ0v) is 10.1. The van der Waals surface area contributed by atoms with Crippen LogP contribution in [0.15, 0.2) is 24.3 Å². The van der Waals surface area contributed by atoms with Crippen LogP contribution in [0.3, 0.4) is 0 Å². The molecule has 1 nitrogen and oxygen atoms in total. The van der Waals surface area contributed by atoms with E-state index in [-0.39, 0.29) is 0 Å². The highest BCUT2D eigenvalue weighted by molar-refractivity contribution is 5.27. The van der Waals surface area contributed by atoms with Gasteiger partial charge in [0.2, 0.25) is 0 Å². The summed E-state index contributed by atoms with van der Waals surface area (Å²) in [7, 11) is 0. The molecule has 0 radical (unpaired) electrons. The molecule has 1 rings (SSSR count). The van der Waals surface area contributed by atoms with E-state index in [9.17, 15) is 13.2 Å². The molecule has 0 spiro atoms. The molecule has 0 aliphatic heterocycles. The normalized spacial score (nSPS) is 12.8. The highest BCUT2D eigenvalue weighted by Crippen LogP contribution is 2.30. The van der Waals surface area contributed by atoms with Gasteiger partial charge in [0.1, 0.15) is 0 Å². The van der Waals surface area contributed by atoms with Crippen molar-refractivity contribution < 1.29 is 13.2 Å². The molecule has 0 heterocycles. The Labute approximate surface area is 99.8 Å². The lowest BCUT2D eigenvalue weighted by molar-refractivity contribution is -0.137. The molecule has 0 unspecified atom stereocenters. The summed E-state index contributed by atoms with van der Waals surface area (Å²) in [5, 5.41) is 0. The van der Waals surface area contributed by atoms with Crippen LogP contribution in [0.5, 0.6) is 0 Å². The first-order chi connectivity index (χ1) is 7.80. The van der Waals surface area contributed by atoms with E-state index in [0.717, 1.165) is 18.9 Å². The molecule has 17 heavy (non-hydrogen) atoms. The van der Waals surface area contributed by atoms with Gasteiger partial charge in [-0.05, 0) is 30.9 Å². The number of nitrogens with two attached hydrogens (primary N) is 1. The predicted molar refractivity (Wildman–Crippen MR) is 62.6 cm³/mol. The Morgan fingerprint density at radius 1 is 1.12 bits per heavy atom. The van der Waals surface area contributed by atoms with Gasteiger partial charge in [0.15, 0.2) is 0 Å². The predicted octanol–water partition coefficient (Wildman–Crippen LogP) is 3.77. The largest absolute Gasteiger partial charge is 0.416 e. The second-order valence-electron chi connectivity index (χ2n) is 4.44. The van der Waals surface area contributed by atoms with Crippen molar-refractivity contribution in [2.24, 2.45) is 5.73 Å². The lowest BCUT2D eigenvalue weighted by atomic mass is 9.86. The van der Waals surface area contributed by atoms with E-state index < -0.39 is 17.3 Å². The first-order valence-corrected chi connectivity index (χ1v) is 5.76. The minimum Gasteiger partial charge on any atom is -0.325 e. The minimum atomic E-state index is -4.29. The molecule has 0 atom stereocenters. The number of benzene rings is 1. The van der Waals surface area contributed by atoms with E-state index >= 15 is 0 Å². The van der Waals surface area contributed by atoms with Crippen LogP contribution >= 0.6 is 0 Å². The van der Waals surface area contributed by atoms with Gasteiger partial charge in [-0.25, -0.2) is 0 Å². The molecule has 0 amide bonds. The number of rotatable bonds is 4. The summed E-state index contributed by atoms with van der Waals surface area (Å²) in [6.07, 6.45) is -2.31. The van der Waals surface area contributed by atoms with Crippen molar-refractivity contribution in [3.05, 3.63) is 35.4 Å². The van der Waals surface area contributed by atoms with Gasteiger partial charge in [-0.1, -0.05) is 32.0 Å². The van der Waals surface area contributed by atoms with Gasteiger partial charge in [0, 0.05) is 5.54 Å². The topological polar surface area (TPSA) is 26.0 Å². The number of halogens is 3. The van der Waals surface area contributed by atoms with Crippen LogP contribution in [-0.2, 0) is 12.6 Å². The molecule has 4 heteroatoms. The number of hydrogen-bond donors (Lipinski definition) is 1. The Bertz CT molecular complexity index is 367. The van der Waals surface area contributed by atoms with Gasteiger partial charge in [-0.15, -0.1) is 0 Å². The minimum absolute atomic E-state index is 0.412. The summed E-state index contributed by atoms with van der Waals surface area (Å²) in [4.78, 5) is 0. The van der Waals surface area contributed by atoms with Crippen molar-refractivity contribution >= 4 is 0 Å². The Kier molecular flexibility index (Phi) is 4.20. The van der Waals surface area contributed by atoms with Crippen molar-refractivity contribution in [2.75, 3.05) is 0 Å². The van der Waals surface area contributed by atoms with E-state index in [2.05, 4.69) is 0 Å². The molecule has 2 N–H and O–H groups in total. The zero-order chi connectivity index (χ0) is 13.1. The quantitative estimate of drug-likeness (QED) is 0.858. The summed E-state index contributed by atoms with van der Waals surface area (Å²) in [6.45, 7) is 3.91. The van der Waals surface area contributed by atoms with Crippen molar-refractivity contribution in [3.63, 3.8) is 0 Å². The Balaban J connectivity index is 2.93. The van der Waals surface area contributed by atoms with Crippen LogP contribution < -0.4 is 5.73 Å². The zero-order valence-electron chi connectivity index (χ0n) is 10.1. The summed E-state index contributed by atoms with van der Waals surface area (Å²) in [6, 6.07) is 5.40. The molecule has 1 aromatic carbocycles. The smallest absolute Gasteiger partial charge is 0.325 e. The average molecular weight is 245 g/mol. The van der Waals surface area contributed by atoms with Crippen LogP contribution in [0.1, 0.15) is 37.8 Å². The average Bonchev–Trinajstić information content (AvgIpc) is 2.28. The summed E-state index contributed by atoms with van der Waals surface area (Å²) >= 11 is 0. The van der Waals surface area contributed by atoms with E-state index in [0.29, 0.717) is 12.0 Å². The van der Waals surface area contributed by atoms with Gasteiger partial charge in [0.25, 0.3) is 0 Å². The third kappa shape index (κ3) is 3.73. The van der Waals surface area contributed by atoms with Crippen molar-refractivity contribution in [3.8, 4) is 0 Å². The molecule has 0 fully saturated rings. The van der Waals surface area contributed by atoms with Gasteiger partial charge in [-0.3, -0.25) is 0 Å². The van der Waals surface area contributed by atoms with E-state index in [1.165, 1.54) is 12.1 Å². The molecular formula is C13H18F3N. The third-order valence-corrected chi connectivity index (χ3v) is 3.22. The summed E-state index contributed by atoms with van der Waals surface area (Å²) in [5.41, 5.74) is 5.73. The fourth-order valence-electron chi connectivity index (χ4n) is 1.76. The van der Waals surface area contributed by atoms with Crippen LogP contribution in [0.2, 0.25) is 0 Å². The monoisotopic (exact) mass is 245 g/mol. The Morgan fingerprint density at radius 2 is 1.71 bits per heavy atom. The summed E-state index contributed by atoms with van der Waals surface area (Å²) in [5.74, 6) is 0. The fourth-order valence-corrected chi connectivity index (χ4v) is 1.76. The third-order valence-electron chi connectivity index (χ3n) is 3.22. The number of hydrogen-bond acceptors (Lipinski definition) is 1. The maximum Gasteiger partial charge on any atom is 0.416 e. The Morgan fingerprint density at radius 3 is 2.18 bits per heavy atom. The van der Waals surface area contributed by atoms with Crippen molar-refractivity contribution in [1.29, 1.82) is 0 Å². The summed E-state index contributed by atoms with van der Waals surface area (Å²) < 4.78 is 37.6. The fraction of sp³-hybridized carbons (Fsp3) is 0.538. The number of alkyl halides is 3. The molecule has 0 bridgehead atoms. The standard InChI is InChI=1S/C13H18F3N/c1-3-12(17,4-2)9-10-6-5-7-11(8-10)13(14,15)16/h5-8H,3-4,9,17H2,1-2H3. The second-order valence-corrected chi connectivity index (χ2v) is 4.44. The highest BCUT2D eigenvalue weighted by Gasteiger charge is 2.31. The lowest BCUT2D eigenvalue weighted by Gasteiger charge is -2.27. The molecule has 1 aromatic rings. The molecule has 0 aromatic heterocycles. The first kappa shape index (κ1) is 14.0. The lowest BCUT2D eigenvalue weighted by Crippen LogP contribution is -2.40. The van der Waals surface area contributed by atoms with E-state index in [1.807, 2.05) is 13.8 Å². The maximum atomic E-state index is 12.5. The Hall–Kier alpha value is -1.03. The second kappa shape index (κ2) is 5.08. The van der Waals surface area contributed by atoms with E-state index in [1.54, 1.807) is 6.07 Å². The van der Waals surface area contributed by atoms with Crippen LogP contribution in [0.4, 0.5) is 13.2 Å². The molecular weight excluding hydrogens is 227 g/mol.